The van der Waals surface area contributed by atoms with E-state index in [2.05, 4.69) is 31.7 Å². The SMILES string of the molecule is CNC(=O)c1cccc(NC(=O)c2cnn(-c3ccc(Br)cc3)c2C)c1. The zero-order valence-corrected chi connectivity index (χ0v) is 15.9. The lowest BCUT2D eigenvalue weighted by molar-refractivity contribution is 0.0961. The summed E-state index contributed by atoms with van der Waals surface area (Å²) in [5.74, 6) is -0.486. The van der Waals surface area contributed by atoms with Crippen LogP contribution in [-0.4, -0.2) is 28.6 Å². The lowest BCUT2D eigenvalue weighted by Gasteiger charge is -2.08. The lowest BCUT2D eigenvalue weighted by Crippen LogP contribution is -2.18. The number of nitrogens with zero attached hydrogens (tertiary/aromatic N) is 2. The summed E-state index contributed by atoms with van der Waals surface area (Å²) < 4.78 is 2.68. The van der Waals surface area contributed by atoms with Gasteiger partial charge in [0.1, 0.15) is 0 Å². The molecule has 2 amide bonds. The van der Waals surface area contributed by atoms with Crippen LogP contribution >= 0.6 is 15.9 Å². The summed E-state index contributed by atoms with van der Waals surface area (Å²) in [7, 11) is 1.56. The first-order valence-corrected chi connectivity index (χ1v) is 8.73. The van der Waals surface area contributed by atoms with Gasteiger partial charge >= 0.3 is 0 Å². The number of hydrogen-bond donors (Lipinski definition) is 2. The van der Waals surface area contributed by atoms with Crippen LogP contribution in [0.4, 0.5) is 5.69 Å². The van der Waals surface area contributed by atoms with E-state index in [1.165, 1.54) is 6.20 Å². The van der Waals surface area contributed by atoms with Gasteiger partial charge in [-0.1, -0.05) is 22.0 Å². The zero-order valence-electron chi connectivity index (χ0n) is 14.3. The van der Waals surface area contributed by atoms with E-state index in [1.54, 1.807) is 36.0 Å². The molecule has 0 aliphatic rings. The van der Waals surface area contributed by atoms with Crippen molar-refractivity contribution in [3.8, 4) is 5.69 Å². The minimum atomic E-state index is -0.278. The average molecular weight is 413 g/mol. The predicted octanol–water partition coefficient (Wildman–Crippen LogP) is 3.56. The van der Waals surface area contributed by atoms with Gasteiger partial charge in [-0.05, 0) is 49.4 Å². The molecule has 0 spiro atoms. The summed E-state index contributed by atoms with van der Waals surface area (Å²) in [6.45, 7) is 1.84. The van der Waals surface area contributed by atoms with Crippen LogP contribution in [0.5, 0.6) is 0 Å². The molecule has 1 aromatic heterocycles. The zero-order chi connectivity index (χ0) is 18.7. The van der Waals surface area contributed by atoms with E-state index in [-0.39, 0.29) is 11.8 Å². The van der Waals surface area contributed by atoms with Gasteiger partial charge in [-0.2, -0.15) is 5.10 Å². The maximum Gasteiger partial charge on any atom is 0.259 e. The van der Waals surface area contributed by atoms with Crippen molar-refractivity contribution in [1.29, 1.82) is 0 Å². The van der Waals surface area contributed by atoms with Gasteiger partial charge in [-0.15, -0.1) is 0 Å². The Morgan fingerprint density at radius 3 is 2.50 bits per heavy atom. The predicted molar refractivity (Wildman–Crippen MR) is 104 cm³/mol. The first kappa shape index (κ1) is 17.9. The minimum absolute atomic E-state index is 0.208. The molecule has 3 rings (SSSR count). The van der Waals surface area contributed by atoms with Crippen LogP contribution in [0, 0.1) is 6.92 Å². The summed E-state index contributed by atoms with van der Waals surface area (Å²) in [5, 5.41) is 9.69. The number of carbonyl (C=O) groups excluding carboxylic acids is 2. The highest BCUT2D eigenvalue weighted by Crippen LogP contribution is 2.19. The van der Waals surface area contributed by atoms with Crippen LogP contribution in [0.2, 0.25) is 0 Å². The number of carbonyl (C=O) groups is 2. The maximum absolute atomic E-state index is 12.6. The standard InChI is InChI=1S/C19H17BrN4O2/c1-12-17(11-22-24(12)16-8-6-14(20)7-9-16)19(26)23-15-5-3-4-13(10-15)18(25)21-2/h3-11H,1-2H3,(H,21,25)(H,23,26). The van der Waals surface area contributed by atoms with Crippen molar-refractivity contribution in [2.45, 2.75) is 6.92 Å². The Kier molecular flexibility index (Phi) is 5.18. The van der Waals surface area contributed by atoms with Gasteiger partial charge in [0.25, 0.3) is 11.8 Å². The fraction of sp³-hybridized carbons (Fsp3) is 0.105. The molecular formula is C19H17BrN4O2. The Morgan fingerprint density at radius 2 is 1.81 bits per heavy atom. The number of rotatable bonds is 4. The summed E-state index contributed by atoms with van der Waals surface area (Å²) in [6.07, 6.45) is 1.54. The van der Waals surface area contributed by atoms with Gasteiger partial charge in [0.15, 0.2) is 0 Å². The second kappa shape index (κ2) is 7.53. The van der Waals surface area contributed by atoms with Crippen molar-refractivity contribution < 1.29 is 9.59 Å². The van der Waals surface area contributed by atoms with Crippen molar-refractivity contribution >= 4 is 33.4 Å². The summed E-state index contributed by atoms with van der Waals surface area (Å²) in [6, 6.07) is 14.4. The van der Waals surface area contributed by atoms with Gasteiger partial charge in [-0.3, -0.25) is 9.59 Å². The fourth-order valence-electron chi connectivity index (χ4n) is 2.56. The van der Waals surface area contributed by atoms with Crippen LogP contribution in [0.15, 0.2) is 59.2 Å². The van der Waals surface area contributed by atoms with Gasteiger partial charge in [0, 0.05) is 22.8 Å². The monoisotopic (exact) mass is 412 g/mol. The first-order chi connectivity index (χ1) is 12.5. The number of aromatic nitrogens is 2. The van der Waals surface area contributed by atoms with Crippen LogP contribution in [0.25, 0.3) is 5.69 Å². The van der Waals surface area contributed by atoms with Crippen LogP contribution in [-0.2, 0) is 0 Å². The third-order valence-corrected chi connectivity index (χ3v) is 4.46. The van der Waals surface area contributed by atoms with Gasteiger partial charge in [0.05, 0.1) is 23.1 Å². The molecule has 0 atom stereocenters. The molecule has 0 radical (unpaired) electrons. The molecule has 0 fully saturated rings. The number of halogens is 1. The molecule has 0 aliphatic heterocycles. The molecule has 0 bridgehead atoms. The highest BCUT2D eigenvalue weighted by atomic mass is 79.9. The number of amides is 2. The molecule has 132 valence electrons. The summed E-state index contributed by atoms with van der Waals surface area (Å²) >= 11 is 3.40. The lowest BCUT2D eigenvalue weighted by atomic mass is 10.1. The summed E-state index contributed by atoms with van der Waals surface area (Å²) in [5.41, 5.74) is 3.09. The average Bonchev–Trinajstić information content (AvgIpc) is 3.03. The Morgan fingerprint density at radius 1 is 1.08 bits per heavy atom. The van der Waals surface area contributed by atoms with E-state index in [0.29, 0.717) is 16.8 Å². The fourth-order valence-corrected chi connectivity index (χ4v) is 2.82. The van der Waals surface area contributed by atoms with Crippen molar-refractivity contribution in [1.82, 2.24) is 15.1 Å². The smallest absolute Gasteiger partial charge is 0.259 e. The van der Waals surface area contributed by atoms with E-state index >= 15 is 0 Å². The number of hydrogen-bond acceptors (Lipinski definition) is 3. The van der Waals surface area contributed by atoms with E-state index in [0.717, 1.165) is 15.9 Å². The molecule has 6 nitrogen and oxygen atoms in total. The largest absolute Gasteiger partial charge is 0.355 e. The molecule has 0 aliphatic carbocycles. The normalized spacial score (nSPS) is 10.4. The molecule has 0 unspecified atom stereocenters. The van der Waals surface area contributed by atoms with Gasteiger partial charge < -0.3 is 10.6 Å². The van der Waals surface area contributed by atoms with Crippen molar-refractivity contribution in [2.24, 2.45) is 0 Å². The molecule has 3 aromatic rings. The molecule has 2 aromatic carbocycles. The van der Waals surface area contributed by atoms with Crippen molar-refractivity contribution in [2.75, 3.05) is 12.4 Å². The van der Waals surface area contributed by atoms with Crippen LogP contribution in [0.3, 0.4) is 0 Å². The van der Waals surface area contributed by atoms with E-state index in [1.807, 2.05) is 31.2 Å². The topological polar surface area (TPSA) is 76.0 Å². The number of benzene rings is 2. The molecular weight excluding hydrogens is 396 g/mol. The Hall–Kier alpha value is -2.93. The molecule has 0 saturated heterocycles. The summed E-state index contributed by atoms with van der Waals surface area (Å²) in [4.78, 5) is 24.3. The van der Waals surface area contributed by atoms with E-state index < -0.39 is 0 Å². The van der Waals surface area contributed by atoms with Crippen LogP contribution in [0.1, 0.15) is 26.4 Å². The van der Waals surface area contributed by atoms with Crippen LogP contribution < -0.4 is 10.6 Å². The van der Waals surface area contributed by atoms with Gasteiger partial charge in [-0.25, -0.2) is 4.68 Å². The van der Waals surface area contributed by atoms with E-state index in [9.17, 15) is 9.59 Å². The molecule has 26 heavy (non-hydrogen) atoms. The second-order valence-electron chi connectivity index (χ2n) is 5.65. The minimum Gasteiger partial charge on any atom is -0.355 e. The number of nitrogens with one attached hydrogen (secondary N) is 2. The highest BCUT2D eigenvalue weighted by Gasteiger charge is 2.16. The van der Waals surface area contributed by atoms with Gasteiger partial charge in [0.2, 0.25) is 0 Å². The molecule has 2 N–H and O–H groups in total. The third-order valence-electron chi connectivity index (χ3n) is 3.94. The highest BCUT2D eigenvalue weighted by molar-refractivity contribution is 9.10. The molecule has 7 heteroatoms. The Labute approximate surface area is 159 Å². The molecule has 0 saturated carbocycles. The van der Waals surface area contributed by atoms with Crippen molar-refractivity contribution in [3.05, 3.63) is 76.0 Å². The quantitative estimate of drug-likeness (QED) is 0.687. The third kappa shape index (κ3) is 3.67. The Bertz CT molecular complexity index is 964. The first-order valence-electron chi connectivity index (χ1n) is 7.93. The number of anilines is 1. The Balaban J connectivity index is 1.83. The van der Waals surface area contributed by atoms with Crippen molar-refractivity contribution in [3.63, 3.8) is 0 Å². The maximum atomic E-state index is 12.6. The molecule has 1 heterocycles. The van der Waals surface area contributed by atoms with E-state index in [4.69, 9.17) is 0 Å². The second-order valence-corrected chi connectivity index (χ2v) is 6.56.